The second-order valence-electron chi connectivity index (χ2n) is 4.44. The average molecular weight is 318 g/mol. The molecule has 2 amide bonds. The number of carbonyl (C=O) groups is 2. The van der Waals surface area contributed by atoms with Crippen molar-refractivity contribution in [1.29, 1.82) is 0 Å². The van der Waals surface area contributed by atoms with Gasteiger partial charge in [-0.05, 0) is 24.3 Å². The minimum atomic E-state index is -0.839. The summed E-state index contributed by atoms with van der Waals surface area (Å²) in [5.74, 6) is -2.96. The number of carbonyl (C=O) groups excluding carboxylic acids is 2. The van der Waals surface area contributed by atoms with E-state index >= 15 is 0 Å². The summed E-state index contributed by atoms with van der Waals surface area (Å²) in [6, 6.07) is 8.13. The number of hydrogen-bond acceptors (Lipinski definition) is 6. The fourth-order valence-corrected chi connectivity index (χ4v) is 1.83. The van der Waals surface area contributed by atoms with Crippen LogP contribution in [-0.4, -0.2) is 34.2 Å². The SMILES string of the molecule is COc1cccc(C(=O)NNC(=O)c2cccc(O)c2O)c1O. The second-order valence-corrected chi connectivity index (χ2v) is 4.44. The molecule has 0 saturated heterocycles. The Morgan fingerprint density at radius 1 is 0.870 bits per heavy atom. The van der Waals surface area contributed by atoms with Gasteiger partial charge in [0.15, 0.2) is 23.0 Å². The molecule has 0 aliphatic carbocycles. The van der Waals surface area contributed by atoms with E-state index in [1.807, 2.05) is 0 Å². The molecule has 8 heteroatoms. The Hall–Kier alpha value is -3.42. The van der Waals surface area contributed by atoms with Crippen LogP contribution in [-0.2, 0) is 0 Å². The van der Waals surface area contributed by atoms with Gasteiger partial charge in [0.05, 0.1) is 18.2 Å². The summed E-state index contributed by atoms with van der Waals surface area (Å²) in [6.07, 6.45) is 0. The Balaban J connectivity index is 2.10. The molecule has 8 nitrogen and oxygen atoms in total. The van der Waals surface area contributed by atoms with Crippen LogP contribution in [0, 0.1) is 0 Å². The molecule has 0 heterocycles. The normalized spacial score (nSPS) is 9.96. The van der Waals surface area contributed by atoms with Crippen LogP contribution in [0.5, 0.6) is 23.0 Å². The largest absolute Gasteiger partial charge is 0.504 e. The zero-order valence-corrected chi connectivity index (χ0v) is 12.0. The average Bonchev–Trinajstić information content (AvgIpc) is 2.55. The van der Waals surface area contributed by atoms with Gasteiger partial charge in [-0.2, -0.15) is 0 Å². The van der Waals surface area contributed by atoms with Gasteiger partial charge in [0, 0.05) is 0 Å². The van der Waals surface area contributed by atoms with Gasteiger partial charge < -0.3 is 20.1 Å². The Bertz CT molecular complexity index is 760. The molecule has 120 valence electrons. The van der Waals surface area contributed by atoms with Crippen molar-refractivity contribution in [2.75, 3.05) is 7.11 Å². The van der Waals surface area contributed by atoms with Crippen LogP contribution in [0.25, 0.3) is 0 Å². The molecule has 0 saturated carbocycles. The van der Waals surface area contributed by atoms with Crippen LogP contribution in [0.1, 0.15) is 20.7 Å². The predicted octanol–water partition coefficient (Wildman–Crippen LogP) is 0.887. The number of methoxy groups -OCH3 is 1. The van der Waals surface area contributed by atoms with E-state index in [4.69, 9.17) is 4.74 Å². The number of para-hydroxylation sites is 2. The zero-order chi connectivity index (χ0) is 17.0. The van der Waals surface area contributed by atoms with Crippen molar-refractivity contribution in [1.82, 2.24) is 10.9 Å². The molecule has 5 N–H and O–H groups in total. The third kappa shape index (κ3) is 3.26. The smallest absolute Gasteiger partial charge is 0.273 e. The lowest BCUT2D eigenvalue weighted by Gasteiger charge is -2.11. The maximum atomic E-state index is 12.0. The molecule has 0 radical (unpaired) electrons. The fourth-order valence-electron chi connectivity index (χ4n) is 1.83. The maximum absolute atomic E-state index is 12.0. The van der Waals surface area contributed by atoms with Gasteiger partial charge >= 0.3 is 0 Å². The van der Waals surface area contributed by atoms with E-state index in [-0.39, 0.29) is 22.6 Å². The van der Waals surface area contributed by atoms with Crippen LogP contribution in [0.3, 0.4) is 0 Å². The Morgan fingerprint density at radius 2 is 1.39 bits per heavy atom. The molecule has 0 aromatic heterocycles. The summed E-state index contributed by atoms with van der Waals surface area (Å²) < 4.78 is 4.88. The molecule has 0 unspecified atom stereocenters. The molecule has 0 spiro atoms. The molecule has 23 heavy (non-hydrogen) atoms. The van der Waals surface area contributed by atoms with Gasteiger partial charge in [0.2, 0.25) is 0 Å². The third-order valence-electron chi connectivity index (χ3n) is 3.01. The van der Waals surface area contributed by atoms with E-state index in [0.29, 0.717) is 0 Å². The highest BCUT2D eigenvalue weighted by atomic mass is 16.5. The van der Waals surface area contributed by atoms with Crippen molar-refractivity contribution in [3.05, 3.63) is 47.5 Å². The lowest BCUT2D eigenvalue weighted by atomic mass is 10.1. The Morgan fingerprint density at radius 3 is 1.96 bits per heavy atom. The Labute approximate surface area is 130 Å². The number of ether oxygens (including phenoxy) is 1. The van der Waals surface area contributed by atoms with Gasteiger partial charge in [-0.15, -0.1) is 0 Å². The van der Waals surface area contributed by atoms with Crippen molar-refractivity contribution in [2.24, 2.45) is 0 Å². The molecular weight excluding hydrogens is 304 g/mol. The number of benzene rings is 2. The van der Waals surface area contributed by atoms with Crippen molar-refractivity contribution >= 4 is 11.8 Å². The standard InChI is InChI=1S/C15H14N2O6/c1-23-11-7-3-5-9(13(11)20)15(22)17-16-14(21)8-4-2-6-10(18)12(8)19/h2-7,18-20H,1H3,(H,16,21)(H,17,22). The number of rotatable bonds is 3. The molecular formula is C15H14N2O6. The molecule has 0 fully saturated rings. The molecule has 0 aliphatic heterocycles. The van der Waals surface area contributed by atoms with Crippen molar-refractivity contribution in [3.8, 4) is 23.0 Å². The van der Waals surface area contributed by atoms with E-state index in [1.165, 1.54) is 43.5 Å². The number of amides is 2. The number of phenolic OH excluding ortho intramolecular Hbond substituents is 3. The van der Waals surface area contributed by atoms with Crippen LogP contribution >= 0.6 is 0 Å². The number of phenols is 3. The lowest BCUT2D eigenvalue weighted by molar-refractivity contribution is 0.0842. The first-order chi connectivity index (χ1) is 11.0. The highest BCUT2D eigenvalue weighted by molar-refractivity contribution is 6.02. The molecule has 0 aliphatic rings. The quantitative estimate of drug-likeness (QED) is 0.422. The van der Waals surface area contributed by atoms with Gasteiger partial charge in [0.25, 0.3) is 11.8 Å². The molecule has 0 atom stereocenters. The first kappa shape index (κ1) is 16.0. The minimum absolute atomic E-state index is 0.106. The van der Waals surface area contributed by atoms with E-state index < -0.39 is 23.3 Å². The third-order valence-corrected chi connectivity index (χ3v) is 3.01. The number of nitrogens with one attached hydrogen (secondary N) is 2. The van der Waals surface area contributed by atoms with E-state index in [0.717, 1.165) is 0 Å². The predicted molar refractivity (Wildman–Crippen MR) is 79.4 cm³/mol. The molecule has 0 bridgehead atoms. The maximum Gasteiger partial charge on any atom is 0.273 e. The van der Waals surface area contributed by atoms with Gasteiger partial charge in [-0.1, -0.05) is 12.1 Å². The monoisotopic (exact) mass is 318 g/mol. The minimum Gasteiger partial charge on any atom is -0.504 e. The fraction of sp³-hybridized carbons (Fsp3) is 0.0667. The highest BCUT2D eigenvalue weighted by Gasteiger charge is 2.17. The van der Waals surface area contributed by atoms with E-state index in [2.05, 4.69) is 10.9 Å². The first-order valence-electron chi connectivity index (χ1n) is 6.43. The Kier molecular flexibility index (Phi) is 4.55. The number of hydrogen-bond donors (Lipinski definition) is 5. The summed E-state index contributed by atoms with van der Waals surface area (Å²) >= 11 is 0. The van der Waals surface area contributed by atoms with Crippen molar-refractivity contribution in [3.63, 3.8) is 0 Å². The van der Waals surface area contributed by atoms with Gasteiger partial charge in [-0.25, -0.2) is 0 Å². The number of hydrazine groups is 1. The van der Waals surface area contributed by atoms with Crippen LogP contribution < -0.4 is 15.6 Å². The summed E-state index contributed by atoms with van der Waals surface area (Å²) in [4.78, 5) is 23.8. The molecule has 2 aromatic carbocycles. The topological polar surface area (TPSA) is 128 Å². The van der Waals surface area contributed by atoms with Gasteiger partial charge in [-0.3, -0.25) is 20.4 Å². The summed E-state index contributed by atoms with van der Waals surface area (Å²) in [7, 11) is 1.34. The van der Waals surface area contributed by atoms with E-state index in [9.17, 15) is 24.9 Å². The molecule has 2 rings (SSSR count). The second kappa shape index (κ2) is 6.56. The zero-order valence-electron chi connectivity index (χ0n) is 12.0. The van der Waals surface area contributed by atoms with Crippen molar-refractivity contribution < 1.29 is 29.6 Å². The highest BCUT2D eigenvalue weighted by Crippen LogP contribution is 2.29. The number of aromatic hydroxyl groups is 3. The van der Waals surface area contributed by atoms with Crippen LogP contribution in [0.4, 0.5) is 0 Å². The summed E-state index contributed by atoms with van der Waals surface area (Å²) in [6.45, 7) is 0. The molecule has 2 aromatic rings. The first-order valence-corrected chi connectivity index (χ1v) is 6.43. The van der Waals surface area contributed by atoms with Crippen molar-refractivity contribution in [2.45, 2.75) is 0 Å². The van der Waals surface area contributed by atoms with Crippen LogP contribution in [0.2, 0.25) is 0 Å². The van der Waals surface area contributed by atoms with Gasteiger partial charge in [0.1, 0.15) is 0 Å². The van der Waals surface area contributed by atoms with E-state index in [1.54, 1.807) is 0 Å². The summed E-state index contributed by atoms with van der Waals surface area (Å²) in [5.41, 5.74) is 3.83. The van der Waals surface area contributed by atoms with Crippen LogP contribution in [0.15, 0.2) is 36.4 Å². The summed E-state index contributed by atoms with van der Waals surface area (Å²) in [5, 5.41) is 28.8. The lowest BCUT2D eigenvalue weighted by Crippen LogP contribution is -2.41.